The van der Waals surface area contributed by atoms with Gasteiger partial charge in [0.25, 0.3) is 0 Å². The topological polar surface area (TPSA) is 57.8 Å². The van der Waals surface area contributed by atoms with E-state index in [1.807, 2.05) is 0 Å². The number of rotatable bonds is 2. The van der Waals surface area contributed by atoms with Crippen molar-refractivity contribution in [3.05, 3.63) is 24.3 Å². The highest BCUT2D eigenvalue weighted by atomic mass is 19.1. The normalized spacial score (nSPS) is 15.0. The second-order valence-corrected chi connectivity index (χ2v) is 4.54. The van der Waals surface area contributed by atoms with Crippen molar-refractivity contribution in [1.29, 1.82) is 0 Å². The van der Waals surface area contributed by atoms with Crippen molar-refractivity contribution in [3.8, 4) is 5.75 Å². The second-order valence-electron chi connectivity index (χ2n) is 4.54. The lowest BCUT2D eigenvalue weighted by Gasteiger charge is -2.17. The monoisotopic (exact) mass is 249 g/mol. The lowest BCUT2D eigenvalue weighted by Crippen LogP contribution is -2.28. The molecule has 2 aromatic heterocycles. The van der Waals surface area contributed by atoms with E-state index in [0.29, 0.717) is 5.69 Å². The van der Waals surface area contributed by atoms with Gasteiger partial charge in [0, 0.05) is 19.0 Å². The average molecular weight is 249 g/mol. The Balaban J connectivity index is 2.04. The van der Waals surface area contributed by atoms with E-state index in [1.54, 1.807) is 7.05 Å². The molecule has 94 valence electrons. The number of hydrogen-bond donors (Lipinski definition) is 1. The van der Waals surface area contributed by atoms with Crippen LogP contribution < -0.4 is 4.90 Å². The predicted molar refractivity (Wildman–Crippen MR) is 62.9 cm³/mol. The van der Waals surface area contributed by atoms with Crippen LogP contribution in [0.2, 0.25) is 0 Å². The standard InChI is InChI=1S/C12H12FN3O2/c1-15(12(18)7-2-3-7)8-4-9(13)11-10(17)5-14-16(11)6-8/h4-7,17H,2-3H2,1H3. The van der Waals surface area contributed by atoms with Gasteiger partial charge >= 0.3 is 0 Å². The van der Waals surface area contributed by atoms with Gasteiger partial charge < -0.3 is 10.0 Å². The highest BCUT2D eigenvalue weighted by molar-refractivity contribution is 5.96. The Kier molecular flexibility index (Phi) is 2.26. The minimum absolute atomic E-state index is 0.00914. The molecule has 2 heterocycles. The van der Waals surface area contributed by atoms with Crippen molar-refractivity contribution >= 4 is 17.1 Å². The zero-order valence-electron chi connectivity index (χ0n) is 9.80. The van der Waals surface area contributed by atoms with E-state index in [2.05, 4.69) is 5.10 Å². The molecule has 0 radical (unpaired) electrons. The summed E-state index contributed by atoms with van der Waals surface area (Å²) in [6.45, 7) is 0. The van der Waals surface area contributed by atoms with Crippen LogP contribution in [0.4, 0.5) is 10.1 Å². The Morgan fingerprint density at radius 2 is 2.33 bits per heavy atom. The number of aromatic hydroxyl groups is 1. The molecule has 1 saturated carbocycles. The van der Waals surface area contributed by atoms with Gasteiger partial charge in [0.05, 0.1) is 18.1 Å². The predicted octanol–water partition coefficient (Wildman–Crippen LogP) is 1.55. The number of hydrogen-bond acceptors (Lipinski definition) is 3. The Hall–Kier alpha value is -2.11. The van der Waals surface area contributed by atoms with Gasteiger partial charge in [-0.3, -0.25) is 4.79 Å². The summed E-state index contributed by atoms with van der Waals surface area (Å²) in [5.74, 6) is -0.752. The SMILES string of the molecule is CN(C(=O)C1CC1)c1cc(F)c2c(O)cnn2c1. The summed E-state index contributed by atoms with van der Waals surface area (Å²) in [6.07, 6.45) is 4.50. The summed E-state index contributed by atoms with van der Waals surface area (Å²) >= 11 is 0. The summed E-state index contributed by atoms with van der Waals surface area (Å²) in [6, 6.07) is 1.23. The third-order valence-electron chi connectivity index (χ3n) is 3.18. The lowest BCUT2D eigenvalue weighted by molar-refractivity contribution is -0.119. The lowest BCUT2D eigenvalue weighted by atomic mass is 10.3. The second kappa shape index (κ2) is 3.69. The molecular formula is C12H12FN3O2. The van der Waals surface area contributed by atoms with Crippen LogP contribution in [-0.2, 0) is 4.79 Å². The molecular weight excluding hydrogens is 237 g/mol. The van der Waals surface area contributed by atoms with Gasteiger partial charge in [0.2, 0.25) is 5.91 Å². The third kappa shape index (κ3) is 1.61. The maximum absolute atomic E-state index is 13.8. The van der Waals surface area contributed by atoms with Crippen LogP contribution in [0.15, 0.2) is 18.5 Å². The maximum atomic E-state index is 13.8. The minimum Gasteiger partial charge on any atom is -0.504 e. The minimum atomic E-state index is -0.599. The number of nitrogens with zero attached hydrogens (tertiary/aromatic N) is 3. The van der Waals surface area contributed by atoms with E-state index >= 15 is 0 Å². The Morgan fingerprint density at radius 1 is 1.61 bits per heavy atom. The number of carbonyl (C=O) groups is 1. The molecule has 1 aliphatic carbocycles. The first-order valence-corrected chi connectivity index (χ1v) is 5.71. The van der Waals surface area contributed by atoms with Crippen LogP contribution in [0.5, 0.6) is 5.75 Å². The van der Waals surface area contributed by atoms with Crippen LogP contribution >= 0.6 is 0 Å². The van der Waals surface area contributed by atoms with E-state index < -0.39 is 5.82 Å². The van der Waals surface area contributed by atoms with Gasteiger partial charge in [-0.15, -0.1) is 0 Å². The average Bonchev–Trinajstić information content (AvgIpc) is 3.12. The van der Waals surface area contributed by atoms with E-state index in [9.17, 15) is 14.3 Å². The number of pyridine rings is 1. The van der Waals surface area contributed by atoms with Crippen LogP contribution in [0.25, 0.3) is 5.52 Å². The molecule has 0 aliphatic heterocycles. The molecule has 0 unspecified atom stereocenters. The van der Waals surface area contributed by atoms with Gasteiger partial charge in [-0.25, -0.2) is 8.91 Å². The highest BCUT2D eigenvalue weighted by Gasteiger charge is 2.32. The fourth-order valence-electron chi connectivity index (χ4n) is 1.96. The quantitative estimate of drug-likeness (QED) is 0.878. The molecule has 0 saturated heterocycles. The van der Waals surface area contributed by atoms with Crippen molar-refractivity contribution < 1.29 is 14.3 Å². The molecule has 1 amide bonds. The van der Waals surface area contributed by atoms with Gasteiger partial charge in [-0.1, -0.05) is 0 Å². The first kappa shape index (κ1) is 11.0. The molecule has 6 heteroatoms. The van der Waals surface area contributed by atoms with Crippen molar-refractivity contribution in [3.63, 3.8) is 0 Å². The molecule has 5 nitrogen and oxygen atoms in total. The van der Waals surface area contributed by atoms with E-state index in [1.165, 1.54) is 27.9 Å². The van der Waals surface area contributed by atoms with Crippen LogP contribution in [-0.4, -0.2) is 27.7 Å². The summed E-state index contributed by atoms with van der Waals surface area (Å²) in [5, 5.41) is 13.3. The van der Waals surface area contributed by atoms with E-state index in [-0.39, 0.29) is 23.1 Å². The first-order valence-electron chi connectivity index (χ1n) is 5.71. The molecule has 0 spiro atoms. The van der Waals surface area contributed by atoms with E-state index in [4.69, 9.17) is 0 Å². The van der Waals surface area contributed by atoms with Crippen molar-refractivity contribution in [1.82, 2.24) is 9.61 Å². The number of anilines is 1. The molecule has 2 aromatic rings. The van der Waals surface area contributed by atoms with Crippen molar-refractivity contribution in [2.45, 2.75) is 12.8 Å². The third-order valence-corrected chi connectivity index (χ3v) is 3.18. The fraction of sp³-hybridized carbons (Fsp3) is 0.333. The molecule has 1 aliphatic rings. The smallest absolute Gasteiger partial charge is 0.229 e. The zero-order valence-corrected chi connectivity index (χ0v) is 9.80. The van der Waals surface area contributed by atoms with Gasteiger partial charge in [-0.2, -0.15) is 5.10 Å². The Bertz CT molecular complexity index is 634. The maximum Gasteiger partial charge on any atom is 0.229 e. The number of fused-ring (bicyclic) bond motifs is 1. The molecule has 0 atom stereocenters. The van der Waals surface area contributed by atoms with Gasteiger partial charge in [0.15, 0.2) is 11.6 Å². The fourth-order valence-corrected chi connectivity index (χ4v) is 1.96. The number of aromatic nitrogens is 2. The summed E-state index contributed by atoms with van der Waals surface area (Å²) in [7, 11) is 1.62. The van der Waals surface area contributed by atoms with Crippen molar-refractivity contribution in [2.75, 3.05) is 11.9 Å². The molecule has 1 fully saturated rings. The Morgan fingerprint density at radius 3 is 3.00 bits per heavy atom. The molecule has 0 bridgehead atoms. The molecule has 1 N–H and O–H groups in total. The Labute approximate surface area is 102 Å². The number of carbonyl (C=O) groups excluding carboxylic acids is 1. The van der Waals surface area contributed by atoms with E-state index in [0.717, 1.165) is 12.8 Å². The highest BCUT2D eigenvalue weighted by Crippen LogP contribution is 2.33. The molecule has 3 rings (SSSR count). The zero-order chi connectivity index (χ0) is 12.9. The first-order chi connectivity index (χ1) is 8.58. The van der Waals surface area contributed by atoms with Gasteiger partial charge in [0.1, 0.15) is 5.52 Å². The summed E-state index contributed by atoms with van der Waals surface area (Å²) < 4.78 is 15.1. The molecule has 0 aromatic carbocycles. The van der Waals surface area contributed by atoms with Crippen LogP contribution in [0.3, 0.4) is 0 Å². The van der Waals surface area contributed by atoms with Crippen LogP contribution in [0.1, 0.15) is 12.8 Å². The van der Waals surface area contributed by atoms with Crippen LogP contribution in [0, 0.1) is 11.7 Å². The van der Waals surface area contributed by atoms with Crippen molar-refractivity contribution in [2.24, 2.45) is 5.92 Å². The summed E-state index contributed by atoms with van der Waals surface area (Å²) in [4.78, 5) is 13.3. The number of halogens is 1. The summed E-state index contributed by atoms with van der Waals surface area (Å²) in [5.41, 5.74) is 0.450. The van der Waals surface area contributed by atoms with Gasteiger partial charge in [-0.05, 0) is 12.8 Å². The molecule has 18 heavy (non-hydrogen) atoms. The largest absolute Gasteiger partial charge is 0.504 e. The number of amides is 1.